The van der Waals surface area contributed by atoms with E-state index in [2.05, 4.69) is 27.5 Å². The van der Waals surface area contributed by atoms with Gasteiger partial charge in [-0.1, -0.05) is 17.3 Å². The van der Waals surface area contributed by atoms with Crippen LogP contribution in [0.3, 0.4) is 0 Å². The molecule has 1 atom stereocenters. The third kappa shape index (κ3) is 2.48. The van der Waals surface area contributed by atoms with Gasteiger partial charge in [0.2, 0.25) is 0 Å². The average molecular weight is 271 g/mol. The van der Waals surface area contributed by atoms with Gasteiger partial charge < -0.3 is 5.32 Å². The van der Waals surface area contributed by atoms with Crippen molar-refractivity contribution in [3.8, 4) is 5.69 Å². The Balaban J connectivity index is 1.89. The van der Waals surface area contributed by atoms with E-state index in [0.717, 1.165) is 11.4 Å². The maximum atomic E-state index is 4.11. The molecule has 0 fully saturated rings. The minimum Gasteiger partial charge on any atom is -0.376 e. The summed E-state index contributed by atoms with van der Waals surface area (Å²) in [6.45, 7) is 2.12. The van der Waals surface area contributed by atoms with Crippen LogP contribution in [0.4, 0.5) is 5.69 Å². The van der Waals surface area contributed by atoms with Gasteiger partial charge in [0.25, 0.3) is 0 Å². The standard InChI is InChI=1S/C13H13N5S/c1-10(13-8-14-9-19-13)16-11-4-2-3-5-12(11)18-7-6-15-17-18/h2-10,16H,1H3. The molecule has 2 aromatic heterocycles. The lowest BCUT2D eigenvalue weighted by Gasteiger charge is -2.16. The van der Waals surface area contributed by atoms with Crippen LogP contribution in [0.25, 0.3) is 5.69 Å². The summed E-state index contributed by atoms with van der Waals surface area (Å²) in [5.74, 6) is 0. The fourth-order valence-corrected chi connectivity index (χ4v) is 2.50. The number of benzene rings is 1. The summed E-state index contributed by atoms with van der Waals surface area (Å²) >= 11 is 1.65. The van der Waals surface area contributed by atoms with Crippen molar-refractivity contribution < 1.29 is 0 Å². The van der Waals surface area contributed by atoms with Crippen molar-refractivity contribution in [1.82, 2.24) is 20.0 Å². The summed E-state index contributed by atoms with van der Waals surface area (Å²) in [5, 5.41) is 11.4. The van der Waals surface area contributed by atoms with Crippen molar-refractivity contribution in [2.75, 3.05) is 5.32 Å². The second kappa shape index (κ2) is 5.19. The number of thiazole rings is 1. The van der Waals surface area contributed by atoms with E-state index in [1.54, 1.807) is 22.2 Å². The summed E-state index contributed by atoms with van der Waals surface area (Å²) in [6.07, 6.45) is 5.39. The smallest absolute Gasteiger partial charge is 0.0894 e. The molecule has 1 unspecified atom stereocenters. The first-order valence-corrected chi connectivity index (χ1v) is 6.83. The van der Waals surface area contributed by atoms with Gasteiger partial charge in [-0.15, -0.1) is 16.4 Å². The lowest BCUT2D eigenvalue weighted by atomic mass is 10.2. The molecule has 0 saturated heterocycles. The molecule has 0 radical (unpaired) electrons. The quantitative estimate of drug-likeness (QED) is 0.792. The summed E-state index contributed by atoms with van der Waals surface area (Å²) in [6, 6.07) is 8.24. The van der Waals surface area contributed by atoms with Crippen molar-refractivity contribution in [2.45, 2.75) is 13.0 Å². The summed E-state index contributed by atoms with van der Waals surface area (Å²) in [7, 11) is 0. The number of hydrogen-bond donors (Lipinski definition) is 1. The van der Waals surface area contributed by atoms with Gasteiger partial charge in [0, 0.05) is 11.1 Å². The van der Waals surface area contributed by atoms with Gasteiger partial charge in [-0.2, -0.15) is 0 Å². The maximum absolute atomic E-state index is 4.11. The molecule has 0 aliphatic rings. The predicted molar refractivity (Wildman–Crippen MR) is 75.5 cm³/mol. The van der Waals surface area contributed by atoms with E-state index in [-0.39, 0.29) is 6.04 Å². The number of anilines is 1. The molecule has 0 aliphatic heterocycles. The molecule has 3 rings (SSSR count). The van der Waals surface area contributed by atoms with E-state index < -0.39 is 0 Å². The van der Waals surface area contributed by atoms with Crippen molar-refractivity contribution >= 4 is 17.0 Å². The Labute approximate surface area is 114 Å². The second-order valence-electron chi connectivity index (χ2n) is 4.13. The Hall–Kier alpha value is -2.21. The third-order valence-corrected chi connectivity index (χ3v) is 3.78. The van der Waals surface area contributed by atoms with E-state index in [4.69, 9.17) is 0 Å². The fraction of sp³-hybridized carbons (Fsp3) is 0.154. The van der Waals surface area contributed by atoms with Gasteiger partial charge >= 0.3 is 0 Å². The van der Waals surface area contributed by atoms with Gasteiger partial charge in [-0.3, -0.25) is 4.98 Å². The lowest BCUT2D eigenvalue weighted by molar-refractivity contribution is 0.799. The van der Waals surface area contributed by atoms with Crippen molar-refractivity contribution in [1.29, 1.82) is 0 Å². The Morgan fingerprint density at radius 1 is 1.32 bits per heavy atom. The normalized spacial score (nSPS) is 12.3. The molecule has 1 N–H and O–H groups in total. The van der Waals surface area contributed by atoms with Crippen LogP contribution in [0.5, 0.6) is 0 Å². The van der Waals surface area contributed by atoms with Gasteiger partial charge in [0.1, 0.15) is 0 Å². The summed E-state index contributed by atoms with van der Waals surface area (Å²) in [4.78, 5) is 5.31. The molecule has 2 heterocycles. The van der Waals surface area contributed by atoms with E-state index in [9.17, 15) is 0 Å². The average Bonchev–Trinajstić information content (AvgIpc) is 3.13. The lowest BCUT2D eigenvalue weighted by Crippen LogP contribution is -2.08. The Bertz CT molecular complexity index is 633. The highest BCUT2D eigenvalue weighted by molar-refractivity contribution is 7.09. The van der Waals surface area contributed by atoms with E-state index in [1.165, 1.54) is 4.88 Å². The highest BCUT2D eigenvalue weighted by Crippen LogP contribution is 2.25. The molecule has 3 aromatic rings. The zero-order chi connectivity index (χ0) is 13.1. The molecule has 0 aliphatic carbocycles. The van der Waals surface area contributed by atoms with E-state index in [0.29, 0.717) is 0 Å². The molecule has 5 nitrogen and oxygen atoms in total. The van der Waals surface area contributed by atoms with E-state index in [1.807, 2.05) is 42.2 Å². The first-order chi connectivity index (χ1) is 9.34. The minimum absolute atomic E-state index is 0.206. The number of rotatable bonds is 4. The van der Waals surface area contributed by atoms with Crippen LogP contribution < -0.4 is 5.32 Å². The third-order valence-electron chi connectivity index (χ3n) is 2.82. The van der Waals surface area contributed by atoms with Crippen molar-refractivity contribution in [3.05, 3.63) is 53.2 Å². The highest BCUT2D eigenvalue weighted by atomic mass is 32.1. The number of hydrogen-bond acceptors (Lipinski definition) is 5. The van der Waals surface area contributed by atoms with Gasteiger partial charge in [0.05, 0.1) is 35.3 Å². The van der Waals surface area contributed by atoms with Gasteiger partial charge in [0.15, 0.2) is 0 Å². The van der Waals surface area contributed by atoms with Gasteiger partial charge in [-0.25, -0.2) is 4.68 Å². The number of aromatic nitrogens is 4. The fourth-order valence-electron chi connectivity index (χ4n) is 1.88. The predicted octanol–water partition coefficient (Wildman–Crippen LogP) is 2.90. The second-order valence-corrected chi connectivity index (χ2v) is 5.05. The van der Waals surface area contributed by atoms with Crippen LogP contribution in [-0.4, -0.2) is 20.0 Å². The van der Waals surface area contributed by atoms with Crippen LogP contribution >= 0.6 is 11.3 Å². The number of nitrogens with one attached hydrogen (secondary N) is 1. The van der Waals surface area contributed by atoms with E-state index >= 15 is 0 Å². The zero-order valence-electron chi connectivity index (χ0n) is 10.4. The molecule has 0 amide bonds. The largest absolute Gasteiger partial charge is 0.376 e. The molecule has 96 valence electrons. The number of nitrogens with zero attached hydrogens (tertiary/aromatic N) is 4. The monoisotopic (exact) mass is 271 g/mol. The number of para-hydroxylation sites is 2. The molecule has 19 heavy (non-hydrogen) atoms. The Morgan fingerprint density at radius 3 is 2.95 bits per heavy atom. The van der Waals surface area contributed by atoms with Gasteiger partial charge in [-0.05, 0) is 19.1 Å². The molecular weight excluding hydrogens is 258 g/mol. The van der Waals surface area contributed by atoms with Crippen LogP contribution in [0.2, 0.25) is 0 Å². The zero-order valence-corrected chi connectivity index (χ0v) is 11.2. The molecule has 0 spiro atoms. The molecule has 1 aromatic carbocycles. The van der Waals surface area contributed by atoms with Crippen LogP contribution in [0, 0.1) is 0 Å². The Kier molecular flexibility index (Phi) is 3.24. The first-order valence-electron chi connectivity index (χ1n) is 5.95. The molecule has 0 saturated carbocycles. The Morgan fingerprint density at radius 2 is 2.21 bits per heavy atom. The minimum atomic E-state index is 0.206. The maximum Gasteiger partial charge on any atom is 0.0894 e. The molecule has 6 heteroatoms. The van der Waals surface area contributed by atoms with Crippen molar-refractivity contribution in [3.63, 3.8) is 0 Å². The van der Waals surface area contributed by atoms with Crippen LogP contribution in [-0.2, 0) is 0 Å². The SMILES string of the molecule is CC(Nc1ccccc1-n1ccnn1)c1cncs1. The summed E-state index contributed by atoms with van der Waals surface area (Å²) in [5.41, 5.74) is 3.85. The molecule has 0 bridgehead atoms. The highest BCUT2D eigenvalue weighted by Gasteiger charge is 2.10. The first kappa shape index (κ1) is 11.9. The topological polar surface area (TPSA) is 55.6 Å². The van der Waals surface area contributed by atoms with Crippen molar-refractivity contribution in [2.24, 2.45) is 0 Å². The van der Waals surface area contributed by atoms with Crippen LogP contribution in [0.15, 0.2) is 48.4 Å². The van der Waals surface area contributed by atoms with Crippen LogP contribution in [0.1, 0.15) is 17.8 Å². The summed E-state index contributed by atoms with van der Waals surface area (Å²) < 4.78 is 1.75. The molecular formula is C13H13N5S.